The van der Waals surface area contributed by atoms with Gasteiger partial charge in [0.15, 0.2) is 0 Å². The van der Waals surface area contributed by atoms with Crippen molar-refractivity contribution in [2.24, 2.45) is 5.92 Å². The summed E-state index contributed by atoms with van der Waals surface area (Å²) in [6, 6.07) is 9.66. The van der Waals surface area contributed by atoms with Gasteiger partial charge in [-0.25, -0.2) is 0 Å². The Morgan fingerprint density at radius 2 is 2.11 bits per heavy atom. The highest BCUT2D eigenvalue weighted by Crippen LogP contribution is 2.28. The van der Waals surface area contributed by atoms with E-state index in [1.54, 1.807) is 0 Å². The SMILES string of the molecule is CC1CC(NCCCN2CCc3ccccc32)C1. The van der Waals surface area contributed by atoms with Gasteiger partial charge in [-0.1, -0.05) is 25.1 Å². The molecule has 1 aromatic carbocycles. The molecular formula is C16H24N2. The molecule has 0 bridgehead atoms. The van der Waals surface area contributed by atoms with Crippen LogP contribution in [0.4, 0.5) is 5.69 Å². The first kappa shape index (κ1) is 12.0. The molecule has 2 nitrogen and oxygen atoms in total. The van der Waals surface area contributed by atoms with E-state index in [1.165, 1.54) is 56.6 Å². The first-order valence-electron chi connectivity index (χ1n) is 7.39. The summed E-state index contributed by atoms with van der Waals surface area (Å²) < 4.78 is 0. The van der Waals surface area contributed by atoms with Crippen molar-refractivity contribution in [3.05, 3.63) is 29.8 Å². The minimum Gasteiger partial charge on any atom is -0.371 e. The van der Waals surface area contributed by atoms with Gasteiger partial charge < -0.3 is 10.2 Å². The number of hydrogen-bond donors (Lipinski definition) is 1. The molecule has 0 atom stereocenters. The summed E-state index contributed by atoms with van der Waals surface area (Å²) in [5.74, 6) is 0.952. The van der Waals surface area contributed by atoms with E-state index in [0.29, 0.717) is 0 Å². The third kappa shape index (κ3) is 2.54. The number of para-hydroxylation sites is 1. The Hall–Kier alpha value is -1.02. The number of rotatable bonds is 5. The lowest BCUT2D eigenvalue weighted by atomic mass is 9.82. The molecule has 1 heterocycles. The van der Waals surface area contributed by atoms with E-state index in [-0.39, 0.29) is 0 Å². The van der Waals surface area contributed by atoms with Crippen molar-refractivity contribution < 1.29 is 0 Å². The fourth-order valence-electron chi connectivity index (χ4n) is 3.28. The van der Waals surface area contributed by atoms with E-state index in [9.17, 15) is 0 Å². The highest BCUT2D eigenvalue weighted by Gasteiger charge is 2.24. The highest BCUT2D eigenvalue weighted by molar-refractivity contribution is 5.57. The van der Waals surface area contributed by atoms with E-state index in [1.807, 2.05) is 0 Å². The Balaban J connectivity index is 1.39. The molecule has 0 spiro atoms. The molecular weight excluding hydrogens is 220 g/mol. The maximum Gasteiger partial charge on any atom is 0.0399 e. The molecule has 2 heteroatoms. The van der Waals surface area contributed by atoms with Gasteiger partial charge in [-0.3, -0.25) is 0 Å². The summed E-state index contributed by atoms with van der Waals surface area (Å²) in [5.41, 5.74) is 2.99. The first-order valence-corrected chi connectivity index (χ1v) is 7.39. The molecule has 1 N–H and O–H groups in total. The molecule has 2 aliphatic rings. The van der Waals surface area contributed by atoms with Gasteiger partial charge in [0.05, 0.1) is 0 Å². The third-order valence-electron chi connectivity index (χ3n) is 4.39. The summed E-state index contributed by atoms with van der Waals surface area (Å²) >= 11 is 0. The lowest BCUT2D eigenvalue weighted by Gasteiger charge is -2.33. The van der Waals surface area contributed by atoms with E-state index < -0.39 is 0 Å². The van der Waals surface area contributed by atoms with Gasteiger partial charge in [0.25, 0.3) is 0 Å². The first-order chi connectivity index (χ1) is 8.83. The fourth-order valence-corrected chi connectivity index (χ4v) is 3.28. The van der Waals surface area contributed by atoms with Crippen molar-refractivity contribution in [1.82, 2.24) is 5.32 Å². The number of anilines is 1. The third-order valence-corrected chi connectivity index (χ3v) is 4.39. The Morgan fingerprint density at radius 3 is 2.94 bits per heavy atom. The lowest BCUT2D eigenvalue weighted by Crippen LogP contribution is -2.41. The molecule has 1 fully saturated rings. The molecule has 0 unspecified atom stereocenters. The van der Waals surface area contributed by atoms with Crippen LogP contribution in [0.1, 0.15) is 31.7 Å². The topological polar surface area (TPSA) is 15.3 Å². The Bertz CT molecular complexity index is 396. The van der Waals surface area contributed by atoms with Crippen LogP contribution >= 0.6 is 0 Å². The molecule has 18 heavy (non-hydrogen) atoms. The Labute approximate surface area is 110 Å². The van der Waals surface area contributed by atoms with Crippen LogP contribution in [-0.4, -0.2) is 25.7 Å². The summed E-state index contributed by atoms with van der Waals surface area (Å²) in [6.07, 6.45) is 5.25. The number of fused-ring (bicyclic) bond motifs is 1. The summed E-state index contributed by atoms with van der Waals surface area (Å²) in [5, 5.41) is 3.67. The van der Waals surface area contributed by atoms with Gasteiger partial charge in [0, 0.05) is 24.8 Å². The molecule has 0 aromatic heterocycles. The Morgan fingerprint density at radius 1 is 1.28 bits per heavy atom. The second-order valence-corrected chi connectivity index (χ2v) is 5.95. The van der Waals surface area contributed by atoms with Crippen molar-refractivity contribution in [3.8, 4) is 0 Å². The number of nitrogens with zero attached hydrogens (tertiary/aromatic N) is 1. The predicted octanol–water partition coefficient (Wildman–Crippen LogP) is 2.83. The van der Waals surface area contributed by atoms with Crippen molar-refractivity contribution in [1.29, 1.82) is 0 Å². The maximum absolute atomic E-state index is 3.67. The molecule has 0 radical (unpaired) electrons. The monoisotopic (exact) mass is 244 g/mol. The van der Waals surface area contributed by atoms with Crippen LogP contribution < -0.4 is 10.2 Å². The number of hydrogen-bond acceptors (Lipinski definition) is 2. The number of benzene rings is 1. The van der Waals surface area contributed by atoms with Crippen LogP contribution in [0, 0.1) is 5.92 Å². The van der Waals surface area contributed by atoms with Crippen LogP contribution in [-0.2, 0) is 6.42 Å². The smallest absolute Gasteiger partial charge is 0.0399 e. The lowest BCUT2D eigenvalue weighted by molar-refractivity contribution is 0.242. The normalized spacial score (nSPS) is 25.9. The van der Waals surface area contributed by atoms with E-state index in [2.05, 4.69) is 41.4 Å². The van der Waals surface area contributed by atoms with E-state index >= 15 is 0 Å². The van der Waals surface area contributed by atoms with Crippen LogP contribution in [0.2, 0.25) is 0 Å². The van der Waals surface area contributed by atoms with Gasteiger partial charge in [-0.15, -0.1) is 0 Å². The summed E-state index contributed by atoms with van der Waals surface area (Å²) in [7, 11) is 0. The molecule has 0 saturated heterocycles. The molecule has 0 amide bonds. The predicted molar refractivity (Wildman–Crippen MR) is 77.2 cm³/mol. The molecule has 1 aliphatic heterocycles. The van der Waals surface area contributed by atoms with Crippen LogP contribution in [0.15, 0.2) is 24.3 Å². The zero-order chi connectivity index (χ0) is 12.4. The second-order valence-electron chi connectivity index (χ2n) is 5.95. The summed E-state index contributed by atoms with van der Waals surface area (Å²) in [4.78, 5) is 2.54. The largest absolute Gasteiger partial charge is 0.371 e. The van der Waals surface area contributed by atoms with Gasteiger partial charge in [0.2, 0.25) is 0 Å². The summed E-state index contributed by atoms with van der Waals surface area (Å²) in [6.45, 7) is 5.93. The molecule has 1 saturated carbocycles. The highest BCUT2D eigenvalue weighted by atomic mass is 15.1. The molecule has 3 rings (SSSR count). The standard InChI is InChI=1S/C16H24N2/c1-13-11-15(12-13)17-8-4-9-18-10-7-14-5-2-3-6-16(14)18/h2-3,5-6,13,15,17H,4,7-12H2,1H3. The average Bonchev–Trinajstić information content (AvgIpc) is 2.75. The van der Waals surface area contributed by atoms with Gasteiger partial charge in [-0.2, -0.15) is 0 Å². The minimum absolute atomic E-state index is 0.811. The van der Waals surface area contributed by atoms with Gasteiger partial charge in [-0.05, 0) is 49.8 Å². The molecule has 98 valence electrons. The number of nitrogens with one attached hydrogen (secondary N) is 1. The second kappa shape index (κ2) is 5.31. The van der Waals surface area contributed by atoms with Crippen molar-refractivity contribution in [2.75, 3.05) is 24.5 Å². The maximum atomic E-state index is 3.67. The quantitative estimate of drug-likeness (QED) is 0.801. The minimum atomic E-state index is 0.811. The van der Waals surface area contributed by atoms with E-state index in [0.717, 1.165) is 12.0 Å². The van der Waals surface area contributed by atoms with Crippen LogP contribution in [0.3, 0.4) is 0 Å². The van der Waals surface area contributed by atoms with Crippen molar-refractivity contribution >= 4 is 5.69 Å². The van der Waals surface area contributed by atoms with Crippen molar-refractivity contribution in [2.45, 2.75) is 38.6 Å². The zero-order valence-corrected chi connectivity index (χ0v) is 11.4. The molecule has 1 aromatic rings. The van der Waals surface area contributed by atoms with Crippen molar-refractivity contribution in [3.63, 3.8) is 0 Å². The van der Waals surface area contributed by atoms with Crippen LogP contribution in [0.25, 0.3) is 0 Å². The van der Waals surface area contributed by atoms with E-state index in [4.69, 9.17) is 0 Å². The fraction of sp³-hybridized carbons (Fsp3) is 0.625. The Kier molecular flexibility index (Phi) is 3.55. The van der Waals surface area contributed by atoms with Gasteiger partial charge in [0.1, 0.15) is 0 Å². The zero-order valence-electron chi connectivity index (χ0n) is 11.4. The van der Waals surface area contributed by atoms with Crippen LogP contribution in [0.5, 0.6) is 0 Å². The van der Waals surface area contributed by atoms with Gasteiger partial charge >= 0.3 is 0 Å². The molecule has 1 aliphatic carbocycles. The average molecular weight is 244 g/mol.